The third kappa shape index (κ3) is 4.68. The third-order valence-electron chi connectivity index (χ3n) is 3.47. The van der Waals surface area contributed by atoms with Gasteiger partial charge in [0.2, 0.25) is 0 Å². The molecule has 0 bridgehead atoms. The Hall–Kier alpha value is -1.61. The maximum Gasteiger partial charge on any atom is 0.341 e. The topological polar surface area (TPSA) is 116 Å². The van der Waals surface area contributed by atoms with E-state index >= 15 is 0 Å². The van der Waals surface area contributed by atoms with Crippen LogP contribution in [0.15, 0.2) is 22.7 Å². The summed E-state index contributed by atoms with van der Waals surface area (Å²) in [4.78, 5) is 24.1. The van der Waals surface area contributed by atoms with Crippen LogP contribution in [-0.2, 0) is 19.4 Å². The maximum atomic E-state index is 12.1. The second kappa shape index (κ2) is 6.88. The van der Waals surface area contributed by atoms with Gasteiger partial charge in [-0.1, -0.05) is 15.9 Å². The number of ether oxygens (including phenoxy) is 1. The first kappa shape index (κ1) is 17.7. The van der Waals surface area contributed by atoms with Crippen LogP contribution in [0.1, 0.15) is 23.7 Å². The largest absolute Gasteiger partial charge is 0.449 e. The van der Waals surface area contributed by atoms with Crippen molar-refractivity contribution in [1.82, 2.24) is 5.32 Å². The van der Waals surface area contributed by atoms with Crippen molar-refractivity contribution in [2.45, 2.75) is 25.5 Å². The second-order valence-corrected chi connectivity index (χ2v) is 8.53. The number of anilines is 1. The van der Waals surface area contributed by atoms with Gasteiger partial charge in [-0.05, 0) is 31.5 Å². The van der Waals surface area contributed by atoms with Gasteiger partial charge in [-0.3, -0.25) is 4.79 Å². The molecule has 1 amide bonds. The minimum Gasteiger partial charge on any atom is -0.449 e. The summed E-state index contributed by atoms with van der Waals surface area (Å²) >= 11 is 3.23. The minimum atomic E-state index is -3.09. The van der Waals surface area contributed by atoms with Gasteiger partial charge in [0.15, 0.2) is 15.9 Å². The van der Waals surface area contributed by atoms with E-state index in [-0.39, 0.29) is 22.8 Å². The molecule has 0 aliphatic carbocycles. The number of carbonyl (C=O) groups excluding carboxylic acids is 2. The summed E-state index contributed by atoms with van der Waals surface area (Å²) in [6, 6.07) is 4.30. The van der Waals surface area contributed by atoms with E-state index in [2.05, 4.69) is 21.2 Å². The number of nitrogens with one attached hydrogen (secondary N) is 1. The number of esters is 1. The molecule has 2 atom stereocenters. The van der Waals surface area contributed by atoms with Crippen LogP contribution in [0.25, 0.3) is 0 Å². The predicted octanol–water partition coefficient (Wildman–Crippen LogP) is 0.880. The molecular weight excluding hydrogens is 388 g/mol. The van der Waals surface area contributed by atoms with Crippen LogP contribution in [0.3, 0.4) is 0 Å². The second-order valence-electron chi connectivity index (χ2n) is 5.39. The summed E-state index contributed by atoms with van der Waals surface area (Å²) in [5.41, 5.74) is 6.11. The zero-order valence-corrected chi connectivity index (χ0v) is 14.8. The van der Waals surface area contributed by atoms with E-state index in [9.17, 15) is 18.0 Å². The van der Waals surface area contributed by atoms with Crippen molar-refractivity contribution in [3.05, 3.63) is 28.2 Å². The van der Waals surface area contributed by atoms with Crippen LogP contribution in [-0.4, -0.2) is 43.9 Å². The van der Waals surface area contributed by atoms with Crippen LogP contribution in [0.4, 0.5) is 5.69 Å². The van der Waals surface area contributed by atoms with Crippen LogP contribution in [0, 0.1) is 0 Å². The average Bonchev–Trinajstić information content (AvgIpc) is 2.80. The third-order valence-corrected chi connectivity index (χ3v) is 5.73. The molecule has 1 saturated heterocycles. The molecule has 0 unspecified atom stereocenters. The van der Waals surface area contributed by atoms with E-state index in [1.54, 1.807) is 12.1 Å². The van der Waals surface area contributed by atoms with Gasteiger partial charge in [-0.2, -0.15) is 0 Å². The summed E-state index contributed by atoms with van der Waals surface area (Å²) in [7, 11) is -3.09. The van der Waals surface area contributed by atoms with Crippen molar-refractivity contribution in [3.63, 3.8) is 0 Å². The summed E-state index contributed by atoms with van der Waals surface area (Å²) in [5.74, 6) is -1.28. The Morgan fingerprint density at radius 3 is 2.74 bits per heavy atom. The first-order valence-corrected chi connectivity index (χ1v) is 9.56. The molecule has 1 heterocycles. The molecule has 0 radical (unpaired) electrons. The van der Waals surface area contributed by atoms with Crippen LogP contribution >= 0.6 is 15.9 Å². The summed E-state index contributed by atoms with van der Waals surface area (Å²) in [6.07, 6.45) is -0.683. The van der Waals surface area contributed by atoms with E-state index in [4.69, 9.17) is 10.5 Å². The van der Waals surface area contributed by atoms with E-state index in [0.29, 0.717) is 10.9 Å². The fourth-order valence-electron chi connectivity index (χ4n) is 2.21. The number of hydrogen-bond donors (Lipinski definition) is 2. The number of carbonyl (C=O) groups is 2. The van der Waals surface area contributed by atoms with Gasteiger partial charge in [0.05, 0.1) is 17.1 Å². The van der Waals surface area contributed by atoms with Gasteiger partial charge in [0.25, 0.3) is 5.91 Å². The van der Waals surface area contributed by atoms with Crippen molar-refractivity contribution in [3.8, 4) is 0 Å². The lowest BCUT2D eigenvalue weighted by Gasteiger charge is -2.17. The molecule has 0 spiro atoms. The molecule has 126 valence electrons. The van der Waals surface area contributed by atoms with Gasteiger partial charge >= 0.3 is 5.97 Å². The highest BCUT2D eigenvalue weighted by Gasteiger charge is 2.31. The smallest absolute Gasteiger partial charge is 0.341 e. The van der Waals surface area contributed by atoms with Gasteiger partial charge in [0, 0.05) is 16.2 Å². The number of nitrogen functional groups attached to an aromatic ring is 1. The van der Waals surface area contributed by atoms with E-state index < -0.39 is 33.9 Å². The van der Waals surface area contributed by atoms with Crippen LogP contribution in [0.2, 0.25) is 0 Å². The van der Waals surface area contributed by atoms with Crippen molar-refractivity contribution in [2.75, 3.05) is 17.2 Å². The minimum absolute atomic E-state index is 0.0562. The van der Waals surface area contributed by atoms with E-state index in [1.165, 1.54) is 13.0 Å². The molecule has 1 aliphatic heterocycles. The van der Waals surface area contributed by atoms with Gasteiger partial charge in [-0.15, -0.1) is 0 Å². The number of halogens is 1. The fraction of sp³-hybridized carbons (Fsp3) is 0.429. The highest BCUT2D eigenvalue weighted by molar-refractivity contribution is 9.10. The number of rotatable bonds is 4. The molecule has 1 aliphatic rings. The monoisotopic (exact) mass is 404 g/mol. The molecule has 1 aromatic rings. The van der Waals surface area contributed by atoms with Crippen molar-refractivity contribution in [1.29, 1.82) is 0 Å². The lowest BCUT2D eigenvalue weighted by molar-refractivity contribution is -0.129. The molecule has 9 heteroatoms. The lowest BCUT2D eigenvalue weighted by atomic mass is 10.2. The van der Waals surface area contributed by atoms with Crippen molar-refractivity contribution in [2.24, 2.45) is 0 Å². The normalized spacial score (nSPS) is 20.7. The van der Waals surface area contributed by atoms with Crippen LogP contribution < -0.4 is 11.1 Å². The highest BCUT2D eigenvalue weighted by Crippen LogP contribution is 2.20. The number of nitrogens with two attached hydrogens (primary N) is 1. The van der Waals surface area contributed by atoms with Gasteiger partial charge in [-0.25, -0.2) is 13.2 Å². The first-order valence-electron chi connectivity index (χ1n) is 6.95. The maximum absolute atomic E-state index is 12.1. The average molecular weight is 405 g/mol. The molecule has 0 saturated carbocycles. The van der Waals surface area contributed by atoms with E-state index in [0.717, 1.165) is 0 Å². The summed E-state index contributed by atoms with van der Waals surface area (Å²) in [6.45, 7) is 1.42. The Morgan fingerprint density at radius 1 is 1.43 bits per heavy atom. The molecule has 1 aromatic carbocycles. The molecule has 23 heavy (non-hydrogen) atoms. The van der Waals surface area contributed by atoms with Gasteiger partial charge < -0.3 is 15.8 Å². The standard InChI is InChI=1S/C14H17BrN2O5S/c1-8(13(18)17-10-4-5-23(20,21)7-10)22-14(19)11-6-9(15)2-3-12(11)16/h2-3,6,8,10H,4-5,7,16H2,1H3,(H,17,18)/t8-,10+/m0/s1. The number of sulfone groups is 1. The van der Waals surface area contributed by atoms with Crippen molar-refractivity contribution >= 4 is 43.3 Å². The SMILES string of the molecule is C[C@H](OC(=O)c1cc(Br)ccc1N)C(=O)N[C@@H]1CCS(=O)(=O)C1. The Kier molecular flexibility index (Phi) is 5.30. The zero-order valence-electron chi connectivity index (χ0n) is 12.4. The Labute approximate surface area is 142 Å². The molecule has 0 aromatic heterocycles. The Balaban J connectivity index is 1.95. The Bertz CT molecular complexity index is 735. The fourth-order valence-corrected chi connectivity index (χ4v) is 4.24. The summed E-state index contributed by atoms with van der Waals surface area (Å²) < 4.78 is 28.5. The molecule has 3 N–H and O–H groups in total. The van der Waals surface area contributed by atoms with Crippen LogP contribution in [0.5, 0.6) is 0 Å². The molecule has 7 nitrogen and oxygen atoms in total. The van der Waals surface area contributed by atoms with Crippen molar-refractivity contribution < 1.29 is 22.7 Å². The van der Waals surface area contributed by atoms with Gasteiger partial charge in [0.1, 0.15) is 0 Å². The predicted molar refractivity (Wildman–Crippen MR) is 88.6 cm³/mol. The number of amides is 1. The molecule has 1 fully saturated rings. The quantitative estimate of drug-likeness (QED) is 0.568. The summed E-state index contributed by atoms with van der Waals surface area (Å²) in [5, 5.41) is 2.58. The number of benzene rings is 1. The zero-order chi connectivity index (χ0) is 17.2. The lowest BCUT2D eigenvalue weighted by Crippen LogP contribution is -2.42. The first-order chi connectivity index (χ1) is 10.7. The molecular formula is C14H17BrN2O5S. The molecule has 2 rings (SSSR count). The highest BCUT2D eigenvalue weighted by atomic mass is 79.9. The number of hydrogen-bond acceptors (Lipinski definition) is 6. The van der Waals surface area contributed by atoms with E-state index in [1.807, 2.05) is 0 Å². The Morgan fingerprint density at radius 2 is 2.13 bits per heavy atom.